The highest BCUT2D eigenvalue weighted by molar-refractivity contribution is 7.80. The fraction of sp³-hybridized carbons (Fsp3) is 0.833. The van der Waals surface area contributed by atoms with Crippen molar-refractivity contribution in [3.8, 4) is 0 Å². The lowest BCUT2D eigenvalue weighted by atomic mass is 10.3. The zero-order valence-corrected chi connectivity index (χ0v) is 6.86. The number of hydrogen-bond acceptors (Lipinski definition) is 2. The first-order chi connectivity index (χ1) is 4.72. The summed E-state index contributed by atoms with van der Waals surface area (Å²) in [4.78, 5) is 1.98. The van der Waals surface area contributed by atoms with E-state index in [1.807, 2.05) is 4.90 Å². The number of nitrogens with two attached hydrogens (primary N) is 1. The highest BCUT2D eigenvalue weighted by atomic mass is 32.1. The summed E-state index contributed by atoms with van der Waals surface area (Å²) >= 11 is 4.84. The first-order valence-electron chi connectivity index (χ1n) is 3.35. The van der Waals surface area contributed by atoms with Gasteiger partial charge in [-0.05, 0) is 19.1 Å². The van der Waals surface area contributed by atoms with E-state index in [1.54, 1.807) is 0 Å². The summed E-state index contributed by atoms with van der Waals surface area (Å²) in [5.41, 5.74) is 5.46. The Hall–Kier alpha value is -0.350. The maximum absolute atomic E-state index is 5.46. The molecule has 0 aliphatic carbocycles. The smallest absolute Gasteiger partial charge is 0.166 e. The first kappa shape index (κ1) is 7.75. The molecular formula is C6H12N2OS. The van der Waals surface area contributed by atoms with Gasteiger partial charge in [0.2, 0.25) is 0 Å². The van der Waals surface area contributed by atoms with Gasteiger partial charge in [0, 0.05) is 6.54 Å². The van der Waals surface area contributed by atoms with E-state index >= 15 is 0 Å². The second-order valence-corrected chi connectivity index (χ2v) is 2.87. The summed E-state index contributed by atoms with van der Waals surface area (Å²) in [5.74, 6) is 0. The Bertz CT molecular complexity index is 140. The molecule has 1 aliphatic heterocycles. The van der Waals surface area contributed by atoms with E-state index in [-0.39, 0.29) is 0 Å². The fourth-order valence-corrected chi connectivity index (χ4v) is 1.33. The Morgan fingerprint density at radius 2 is 2.50 bits per heavy atom. The monoisotopic (exact) mass is 160 g/mol. The van der Waals surface area contributed by atoms with Crippen molar-refractivity contribution in [2.24, 2.45) is 5.73 Å². The van der Waals surface area contributed by atoms with Gasteiger partial charge in [-0.1, -0.05) is 0 Å². The molecular weight excluding hydrogens is 148 g/mol. The molecule has 4 heteroatoms. The predicted octanol–water partition coefficient (Wildman–Crippen LogP) is -0.0493. The third-order valence-electron chi connectivity index (χ3n) is 1.65. The van der Waals surface area contributed by atoms with E-state index in [2.05, 4.69) is 6.92 Å². The maximum Gasteiger partial charge on any atom is 0.166 e. The molecule has 1 saturated heterocycles. The van der Waals surface area contributed by atoms with Crippen LogP contribution in [0.2, 0.25) is 0 Å². The Labute approximate surface area is 66.1 Å². The molecule has 2 N–H and O–H groups in total. The molecule has 0 unspecified atom stereocenters. The van der Waals surface area contributed by atoms with Crippen LogP contribution in [-0.2, 0) is 4.74 Å². The topological polar surface area (TPSA) is 38.5 Å². The van der Waals surface area contributed by atoms with Crippen LogP contribution in [-0.4, -0.2) is 35.8 Å². The maximum atomic E-state index is 5.46. The molecule has 0 aromatic heterocycles. The largest absolute Gasteiger partial charge is 0.377 e. The molecule has 10 heavy (non-hydrogen) atoms. The van der Waals surface area contributed by atoms with Crippen LogP contribution in [0.25, 0.3) is 0 Å². The minimum atomic E-state index is 0.339. The predicted molar refractivity (Wildman–Crippen MR) is 43.8 cm³/mol. The summed E-state index contributed by atoms with van der Waals surface area (Å²) < 4.78 is 5.21. The molecule has 0 aromatic carbocycles. The molecule has 0 amide bonds. The van der Waals surface area contributed by atoms with Gasteiger partial charge in [0.15, 0.2) is 5.11 Å². The molecule has 0 saturated carbocycles. The third-order valence-corrected chi connectivity index (χ3v) is 1.89. The van der Waals surface area contributed by atoms with Crippen LogP contribution < -0.4 is 5.73 Å². The summed E-state index contributed by atoms with van der Waals surface area (Å²) in [5, 5.41) is 0.482. The van der Waals surface area contributed by atoms with E-state index in [4.69, 9.17) is 22.7 Å². The van der Waals surface area contributed by atoms with Crippen LogP contribution in [0.5, 0.6) is 0 Å². The first-order valence-corrected chi connectivity index (χ1v) is 3.76. The van der Waals surface area contributed by atoms with Gasteiger partial charge in [-0.15, -0.1) is 0 Å². The second-order valence-electron chi connectivity index (χ2n) is 2.46. The van der Waals surface area contributed by atoms with E-state index in [0.29, 0.717) is 11.2 Å². The van der Waals surface area contributed by atoms with Crippen molar-refractivity contribution in [3.63, 3.8) is 0 Å². The van der Waals surface area contributed by atoms with E-state index in [1.165, 1.54) is 0 Å². The standard InChI is InChI=1S/C6H12N2OS/c1-5-4-9-3-2-8(5)6(7)10/h5H,2-4H2,1H3,(H2,7,10)/t5-/m1/s1. The molecule has 1 rings (SSSR count). The van der Waals surface area contributed by atoms with Crippen molar-refractivity contribution < 1.29 is 4.74 Å². The second kappa shape index (κ2) is 3.16. The third kappa shape index (κ3) is 1.58. The molecule has 1 fully saturated rings. The Morgan fingerprint density at radius 3 is 2.90 bits per heavy atom. The average Bonchev–Trinajstić information content (AvgIpc) is 1.88. The van der Waals surface area contributed by atoms with Gasteiger partial charge in [0.1, 0.15) is 0 Å². The number of hydrogen-bond donors (Lipinski definition) is 1. The van der Waals surface area contributed by atoms with Gasteiger partial charge >= 0.3 is 0 Å². The minimum absolute atomic E-state index is 0.339. The molecule has 1 heterocycles. The normalized spacial score (nSPS) is 26.5. The van der Waals surface area contributed by atoms with Gasteiger partial charge in [0.05, 0.1) is 19.3 Å². The Morgan fingerprint density at radius 1 is 1.80 bits per heavy atom. The number of rotatable bonds is 0. The number of ether oxygens (including phenoxy) is 1. The van der Waals surface area contributed by atoms with Gasteiger partial charge in [-0.2, -0.15) is 0 Å². The van der Waals surface area contributed by atoms with Crippen molar-refractivity contribution in [2.75, 3.05) is 19.8 Å². The number of nitrogens with zero attached hydrogens (tertiary/aromatic N) is 1. The summed E-state index contributed by atoms with van der Waals surface area (Å²) in [6.07, 6.45) is 0. The minimum Gasteiger partial charge on any atom is -0.377 e. The van der Waals surface area contributed by atoms with Gasteiger partial charge in [0.25, 0.3) is 0 Å². The van der Waals surface area contributed by atoms with Crippen LogP contribution in [0.1, 0.15) is 6.92 Å². The highest BCUT2D eigenvalue weighted by Gasteiger charge is 2.18. The lowest BCUT2D eigenvalue weighted by Crippen LogP contribution is -2.49. The molecule has 0 radical (unpaired) electrons. The van der Waals surface area contributed by atoms with Crippen LogP contribution in [0, 0.1) is 0 Å². The quantitative estimate of drug-likeness (QED) is 0.504. The molecule has 0 spiro atoms. The lowest BCUT2D eigenvalue weighted by Gasteiger charge is -2.33. The van der Waals surface area contributed by atoms with E-state index < -0.39 is 0 Å². The van der Waals surface area contributed by atoms with E-state index in [9.17, 15) is 0 Å². The Kier molecular flexibility index (Phi) is 2.45. The van der Waals surface area contributed by atoms with Gasteiger partial charge in [-0.25, -0.2) is 0 Å². The van der Waals surface area contributed by atoms with Crippen LogP contribution in [0.3, 0.4) is 0 Å². The van der Waals surface area contributed by atoms with Crippen LogP contribution in [0.4, 0.5) is 0 Å². The zero-order chi connectivity index (χ0) is 7.56. The summed E-state index contributed by atoms with van der Waals surface area (Å²) in [6.45, 7) is 4.35. The van der Waals surface area contributed by atoms with Crippen molar-refractivity contribution in [1.29, 1.82) is 0 Å². The highest BCUT2D eigenvalue weighted by Crippen LogP contribution is 2.04. The molecule has 0 bridgehead atoms. The van der Waals surface area contributed by atoms with Gasteiger partial charge in [-0.3, -0.25) is 0 Å². The number of morpholine rings is 1. The Balaban J connectivity index is 2.47. The van der Waals surface area contributed by atoms with Crippen LogP contribution >= 0.6 is 12.2 Å². The SMILES string of the molecule is C[C@@H]1COCCN1C(N)=S. The lowest BCUT2D eigenvalue weighted by molar-refractivity contribution is 0.0338. The van der Waals surface area contributed by atoms with Crippen molar-refractivity contribution in [3.05, 3.63) is 0 Å². The molecule has 58 valence electrons. The molecule has 1 aliphatic rings. The summed E-state index contributed by atoms with van der Waals surface area (Å²) in [7, 11) is 0. The van der Waals surface area contributed by atoms with E-state index in [0.717, 1.165) is 19.8 Å². The average molecular weight is 160 g/mol. The van der Waals surface area contributed by atoms with Crippen LogP contribution in [0.15, 0.2) is 0 Å². The van der Waals surface area contributed by atoms with Crippen molar-refractivity contribution in [1.82, 2.24) is 4.90 Å². The van der Waals surface area contributed by atoms with Gasteiger partial charge < -0.3 is 15.4 Å². The van der Waals surface area contributed by atoms with Crippen molar-refractivity contribution >= 4 is 17.3 Å². The molecule has 1 atom stereocenters. The van der Waals surface area contributed by atoms with Crippen molar-refractivity contribution in [2.45, 2.75) is 13.0 Å². The molecule has 0 aromatic rings. The number of thiocarbonyl (C=S) groups is 1. The summed E-state index contributed by atoms with van der Waals surface area (Å²) in [6, 6.07) is 0.339. The zero-order valence-electron chi connectivity index (χ0n) is 6.04. The fourth-order valence-electron chi connectivity index (χ4n) is 1.05. The molecule has 3 nitrogen and oxygen atoms in total.